The van der Waals surface area contributed by atoms with Crippen LogP contribution in [0.5, 0.6) is 5.75 Å². The van der Waals surface area contributed by atoms with Crippen molar-refractivity contribution in [1.29, 1.82) is 0 Å². The van der Waals surface area contributed by atoms with Crippen molar-refractivity contribution in [3.63, 3.8) is 0 Å². The number of rotatable bonds is 7. The van der Waals surface area contributed by atoms with E-state index >= 15 is 0 Å². The van der Waals surface area contributed by atoms with Gasteiger partial charge < -0.3 is 4.74 Å². The molecule has 3 nitrogen and oxygen atoms in total. The van der Waals surface area contributed by atoms with E-state index in [0.29, 0.717) is 12.3 Å². The summed E-state index contributed by atoms with van der Waals surface area (Å²) in [6, 6.07) is 7.79. The normalized spacial score (nSPS) is 16.1. The second kappa shape index (κ2) is 8.28. The SMILES string of the molecule is O=C(CNCl)Cc1cccc(OCC2CCCCC2)c1. The van der Waals surface area contributed by atoms with Gasteiger partial charge in [0.15, 0.2) is 5.78 Å². The molecule has 0 spiro atoms. The molecule has 0 unspecified atom stereocenters. The van der Waals surface area contributed by atoms with Crippen LogP contribution >= 0.6 is 11.8 Å². The smallest absolute Gasteiger partial charge is 0.152 e. The van der Waals surface area contributed by atoms with Gasteiger partial charge in [0, 0.05) is 6.42 Å². The quantitative estimate of drug-likeness (QED) is 0.783. The highest BCUT2D eigenvalue weighted by atomic mass is 35.5. The highest BCUT2D eigenvalue weighted by molar-refractivity contribution is 6.14. The molecule has 110 valence electrons. The van der Waals surface area contributed by atoms with Gasteiger partial charge in [-0.3, -0.25) is 4.79 Å². The highest BCUT2D eigenvalue weighted by Gasteiger charge is 2.14. The van der Waals surface area contributed by atoms with Crippen molar-refractivity contribution in [2.45, 2.75) is 38.5 Å². The third-order valence-corrected chi connectivity index (χ3v) is 3.91. The molecule has 0 atom stereocenters. The van der Waals surface area contributed by atoms with Gasteiger partial charge in [-0.1, -0.05) is 31.4 Å². The number of halogens is 1. The molecule has 1 fully saturated rings. The van der Waals surface area contributed by atoms with Crippen LogP contribution in [-0.2, 0) is 11.2 Å². The first-order valence-electron chi connectivity index (χ1n) is 7.35. The van der Waals surface area contributed by atoms with E-state index in [0.717, 1.165) is 17.9 Å². The molecule has 1 aromatic rings. The van der Waals surface area contributed by atoms with E-state index in [-0.39, 0.29) is 12.3 Å². The van der Waals surface area contributed by atoms with Gasteiger partial charge in [-0.25, -0.2) is 4.84 Å². The molecule has 1 aliphatic rings. The summed E-state index contributed by atoms with van der Waals surface area (Å²) < 4.78 is 5.87. The molecule has 0 aromatic heterocycles. The largest absolute Gasteiger partial charge is 0.493 e. The minimum atomic E-state index is 0.0735. The van der Waals surface area contributed by atoms with Crippen molar-refractivity contribution in [3.8, 4) is 5.75 Å². The minimum Gasteiger partial charge on any atom is -0.493 e. The number of ketones is 1. The van der Waals surface area contributed by atoms with E-state index in [1.165, 1.54) is 32.1 Å². The predicted octanol–water partition coefficient (Wildman–Crippen LogP) is 3.50. The highest BCUT2D eigenvalue weighted by Crippen LogP contribution is 2.24. The molecule has 1 N–H and O–H groups in total. The predicted molar refractivity (Wildman–Crippen MR) is 81.1 cm³/mol. The Kier molecular flexibility index (Phi) is 6.34. The lowest BCUT2D eigenvalue weighted by molar-refractivity contribution is -0.117. The number of nitrogens with one attached hydrogen (secondary N) is 1. The van der Waals surface area contributed by atoms with E-state index in [1.54, 1.807) is 0 Å². The first-order valence-corrected chi connectivity index (χ1v) is 7.72. The molecule has 2 rings (SSSR count). The Morgan fingerprint density at radius 2 is 2.10 bits per heavy atom. The second-order valence-corrected chi connectivity index (χ2v) is 5.76. The molecule has 0 amide bonds. The zero-order valence-electron chi connectivity index (χ0n) is 11.7. The van der Waals surface area contributed by atoms with Crippen LogP contribution in [0.15, 0.2) is 24.3 Å². The topological polar surface area (TPSA) is 38.3 Å². The Morgan fingerprint density at radius 1 is 1.30 bits per heavy atom. The van der Waals surface area contributed by atoms with E-state index in [9.17, 15) is 4.79 Å². The van der Waals surface area contributed by atoms with Crippen LogP contribution in [0.25, 0.3) is 0 Å². The van der Waals surface area contributed by atoms with Crippen LogP contribution in [0.2, 0.25) is 0 Å². The number of benzene rings is 1. The number of ether oxygens (including phenoxy) is 1. The maximum atomic E-state index is 11.5. The molecule has 1 saturated carbocycles. The summed E-state index contributed by atoms with van der Waals surface area (Å²) in [5, 5.41) is 0. The fraction of sp³-hybridized carbons (Fsp3) is 0.562. The van der Waals surface area contributed by atoms with Crippen LogP contribution in [-0.4, -0.2) is 18.9 Å². The Bertz CT molecular complexity index is 430. The fourth-order valence-corrected chi connectivity index (χ4v) is 2.83. The second-order valence-electron chi connectivity index (χ2n) is 5.49. The van der Waals surface area contributed by atoms with Crippen molar-refractivity contribution in [3.05, 3.63) is 29.8 Å². The van der Waals surface area contributed by atoms with Gasteiger partial charge in [0.2, 0.25) is 0 Å². The summed E-state index contributed by atoms with van der Waals surface area (Å²) in [6.45, 7) is 0.981. The lowest BCUT2D eigenvalue weighted by Crippen LogP contribution is -2.17. The van der Waals surface area contributed by atoms with Crippen LogP contribution in [0.3, 0.4) is 0 Å². The molecule has 4 heteroatoms. The molecule has 0 radical (unpaired) electrons. The zero-order chi connectivity index (χ0) is 14.2. The molecule has 0 bridgehead atoms. The first kappa shape index (κ1) is 15.3. The number of hydrogen-bond donors (Lipinski definition) is 1. The van der Waals surface area contributed by atoms with Gasteiger partial charge in [0.25, 0.3) is 0 Å². The molecule has 20 heavy (non-hydrogen) atoms. The molecule has 0 saturated heterocycles. The summed E-state index contributed by atoms with van der Waals surface area (Å²) in [5.41, 5.74) is 0.975. The average Bonchev–Trinajstić information content (AvgIpc) is 2.47. The number of carbonyl (C=O) groups excluding carboxylic acids is 1. The van der Waals surface area contributed by atoms with Gasteiger partial charge in [0.1, 0.15) is 5.75 Å². The van der Waals surface area contributed by atoms with Gasteiger partial charge in [0.05, 0.1) is 13.2 Å². The van der Waals surface area contributed by atoms with Crippen LogP contribution in [0.4, 0.5) is 0 Å². The Balaban J connectivity index is 1.83. The molecular weight excluding hydrogens is 274 g/mol. The number of hydrogen-bond acceptors (Lipinski definition) is 3. The maximum Gasteiger partial charge on any atom is 0.152 e. The molecular formula is C16H22ClNO2. The summed E-state index contributed by atoms with van der Waals surface area (Å²) in [5.74, 6) is 1.62. The van der Waals surface area contributed by atoms with Crippen LogP contribution < -0.4 is 9.57 Å². The van der Waals surface area contributed by atoms with Crippen molar-refractivity contribution in [2.24, 2.45) is 5.92 Å². The lowest BCUT2D eigenvalue weighted by Gasteiger charge is -2.21. The maximum absolute atomic E-state index is 11.5. The summed E-state index contributed by atoms with van der Waals surface area (Å²) >= 11 is 5.33. The molecule has 0 aliphatic heterocycles. The van der Waals surface area contributed by atoms with Crippen molar-refractivity contribution in [2.75, 3.05) is 13.2 Å². The van der Waals surface area contributed by atoms with Gasteiger partial charge in [-0.05, 0) is 48.2 Å². The molecule has 0 heterocycles. The number of carbonyl (C=O) groups is 1. The van der Waals surface area contributed by atoms with E-state index in [2.05, 4.69) is 4.84 Å². The van der Waals surface area contributed by atoms with Gasteiger partial charge >= 0.3 is 0 Å². The summed E-state index contributed by atoms with van der Waals surface area (Å²) in [4.78, 5) is 13.9. The summed E-state index contributed by atoms with van der Waals surface area (Å²) in [7, 11) is 0. The third-order valence-electron chi connectivity index (χ3n) is 3.77. The Labute approximate surface area is 125 Å². The monoisotopic (exact) mass is 295 g/mol. The average molecular weight is 296 g/mol. The van der Waals surface area contributed by atoms with Crippen molar-refractivity contribution < 1.29 is 9.53 Å². The lowest BCUT2D eigenvalue weighted by atomic mass is 9.90. The zero-order valence-corrected chi connectivity index (χ0v) is 12.5. The summed E-state index contributed by atoms with van der Waals surface area (Å²) in [6.07, 6.45) is 6.96. The van der Waals surface area contributed by atoms with Crippen LogP contribution in [0, 0.1) is 5.92 Å². The van der Waals surface area contributed by atoms with E-state index in [1.807, 2.05) is 24.3 Å². The van der Waals surface area contributed by atoms with Crippen molar-refractivity contribution >= 4 is 17.6 Å². The minimum absolute atomic E-state index is 0.0735. The first-order chi connectivity index (χ1) is 9.78. The standard InChI is InChI=1S/C16H22ClNO2/c17-18-11-15(19)9-14-7-4-8-16(10-14)20-12-13-5-2-1-3-6-13/h4,7-8,10,13,18H,1-3,5-6,9,11-12H2. The molecule has 1 aliphatic carbocycles. The Hall–Kier alpha value is -1.06. The van der Waals surface area contributed by atoms with Crippen LogP contribution in [0.1, 0.15) is 37.7 Å². The van der Waals surface area contributed by atoms with E-state index in [4.69, 9.17) is 16.5 Å². The van der Waals surface area contributed by atoms with Crippen molar-refractivity contribution in [1.82, 2.24) is 4.84 Å². The Morgan fingerprint density at radius 3 is 2.85 bits per heavy atom. The fourth-order valence-electron chi connectivity index (χ4n) is 2.68. The third kappa shape index (κ3) is 5.14. The molecule has 1 aromatic carbocycles. The van der Waals surface area contributed by atoms with Gasteiger partial charge in [-0.2, -0.15) is 0 Å². The van der Waals surface area contributed by atoms with E-state index < -0.39 is 0 Å². The van der Waals surface area contributed by atoms with Gasteiger partial charge in [-0.15, -0.1) is 0 Å². The number of Topliss-reactive ketones (excluding diaryl/α,β-unsaturated/α-hetero) is 1.